The summed E-state index contributed by atoms with van der Waals surface area (Å²) in [6.45, 7) is 14.3. The normalized spacial score (nSPS) is 21.3. The number of alkyl carbamates (subject to hydrolysis) is 1. The summed E-state index contributed by atoms with van der Waals surface area (Å²) >= 11 is 0. The van der Waals surface area contributed by atoms with Crippen LogP contribution in [0.4, 0.5) is 4.79 Å². The number of oxazole rings is 1. The van der Waals surface area contributed by atoms with Gasteiger partial charge in [0.05, 0.1) is 35.3 Å². The van der Waals surface area contributed by atoms with E-state index in [4.69, 9.17) is 23.6 Å². The van der Waals surface area contributed by atoms with Gasteiger partial charge in [0.15, 0.2) is 12.2 Å². The Morgan fingerprint density at radius 3 is 2.24 bits per heavy atom. The minimum Gasteiger partial charge on any atom is -0.497 e. The number of benzene rings is 3. The summed E-state index contributed by atoms with van der Waals surface area (Å²) in [6.07, 6.45) is 1.77. The summed E-state index contributed by atoms with van der Waals surface area (Å²) < 4.78 is 52.9. The van der Waals surface area contributed by atoms with E-state index >= 15 is 0 Å². The van der Waals surface area contributed by atoms with Crippen LogP contribution in [-0.2, 0) is 35.6 Å². The molecule has 1 saturated heterocycles. The van der Waals surface area contributed by atoms with E-state index in [1.54, 1.807) is 60.8 Å². The molecule has 5 atom stereocenters. The standard InChI is InChI=1S/C51H58N6O10S/c1-9-33-27-51(33,46(60)56-68(62,63)50(22-23-50)28-39-42(65-30-52-39)32-18-14-11-15-19-32)55-44(58)40-25-35(29-57(40)45(59)43(48(2,3)4)54-47(61)67-49(5,6)7)66-41-26-37(31-16-12-10-13-17-31)53-38-24-34(64-8)20-21-36(38)41/h9-21,24,26,30,33,35,40,43H,1,22-23,25,27-29H2,2-8H3,(H,54,61)(H,55,58)(H,56,60)/t33-,35-,40+,43-,51-/m1/s1. The van der Waals surface area contributed by atoms with Gasteiger partial charge in [-0.15, -0.1) is 6.58 Å². The van der Waals surface area contributed by atoms with Gasteiger partial charge in [0.2, 0.25) is 21.8 Å². The fourth-order valence-corrected chi connectivity index (χ4v) is 10.4. The number of carbonyl (C=O) groups is 4. The molecule has 0 unspecified atom stereocenters. The highest BCUT2D eigenvalue weighted by atomic mass is 32.2. The van der Waals surface area contributed by atoms with E-state index in [1.807, 2.05) is 72.8 Å². The summed E-state index contributed by atoms with van der Waals surface area (Å²) in [7, 11) is -2.77. The molecule has 0 bridgehead atoms. The van der Waals surface area contributed by atoms with Crippen molar-refractivity contribution in [1.29, 1.82) is 0 Å². The smallest absolute Gasteiger partial charge is 0.408 e. The average Bonchev–Trinajstić information content (AvgIpc) is 4.13. The second-order valence-electron chi connectivity index (χ2n) is 20.0. The predicted octanol–water partition coefficient (Wildman–Crippen LogP) is 7.14. The van der Waals surface area contributed by atoms with Gasteiger partial charge in [0, 0.05) is 47.4 Å². The predicted molar refractivity (Wildman–Crippen MR) is 255 cm³/mol. The number of carbonyl (C=O) groups excluding carboxylic acids is 4. The second kappa shape index (κ2) is 18.1. The largest absolute Gasteiger partial charge is 0.497 e. The Morgan fingerprint density at radius 2 is 1.63 bits per heavy atom. The van der Waals surface area contributed by atoms with Crippen molar-refractivity contribution in [2.45, 2.75) is 108 Å². The summed E-state index contributed by atoms with van der Waals surface area (Å²) in [4.78, 5) is 68.0. The van der Waals surface area contributed by atoms with Crippen LogP contribution in [0, 0.1) is 11.3 Å². The lowest BCUT2D eigenvalue weighted by Crippen LogP contribution is -2.60. The molecule has 4 amide bonds. The van der Waals surface area contributed by atoms with Crippen molar-refractivity contribution in [2.24, 2.45) is 11.3 Å². The highest BCUT2D eigenvalue weighted by Crippen LogP contribution is 2.49. The van der Waals surface area contributed by atoms with Crippen molar-refractivity contribution < 1.29 is 46.2 Å². The maximum Gasteiger partial charge on any atom is 0.408 e. The monoisotopic (exact) mass is 946 g/mol. The molecule has 0 radical (unpaired) electrons. The third-order valence-corrected chi connectivity index (χ3v) is 14.9. The molecule has 2 aromatic heterocycles. The number of nitrogens with one attached hydrogen (secondary N) is 3. The van der Waals surface area contributed by atoms with Crippen molar-refractivity contribution in [1.82, 2.24) is 30.2 Å². The van der Waals surface area contributed by atoms with E-state index < -0.39 is 79.2 Å². The summed E-state index contributed by atoms with van der Waals surface area (Å²) in [5, 5.41) is 6.28. The first kappa shape index (κ1) is 47.7. The highest BCUT2D eigenvalue weighted by molar-refractivity contribution is 7.91. The van der Waals surface area contributed by atoms with Crippen LogP contribution in [0.3, 0.4) is 0 Å². The van der Waals surface area contributed by atoms with E-state index in [0.717, 1.165) is 11.1 Å². The molecule has 17 heteroatoms. The fraction of sp³-hybridized carbons (Fsp3) is 0.412. The number of ether oxygens (including phenoxy) is 3. The molecule has 2 saturated carbocycles. The third kappa shape index (κ3) is 9.80. The Morgan fingerprint density at radius 1 is 0.956 bits per heavy atom. The summed E-state index contributed by atoms with van der Waals surface area (Å²) in [5.74, 6) is -1.36. The number of likely N-dealkylation sites (tertiary alicyclic amines) is 1. The average molecular weight is 947 g/mol. The van der Waals surface area contributed by atoms with Gasteiger partial charge >= 0.3 is 6.09 Å². The Bertz CT molecular complexity index is 2850. The maximum atomic E-state index is 14.9. The molecule has 68 heavy (non-hydrogen) atoms. The number of hydrogen-bond donors (Lipinski definition) is 3. The number of methoxy groups -OCH3 is 1. The topological polar surface area (TPSA) is 208 Å². The molecule has 16 nitrogen and oxygen atoms in total. The first-order valence-electron chi connectivity index (χ1n) is 22.7. The number of hydrogen-bond acceptors (Lipinski definition) is 12. The van der Waals surface area contributed by atoms with Gasteiger partial charge in [-0.25, -0.2) is 23.2 Å². The molecule has 0 spiro atoms. The zero-order valence-electron chi connectivity index (χ0n) is 39.3. The van der Waals surface area contributed by atoms with E-state index in [-0.39, 0.29) is 38.6 Å². The number of aromatic nitrogens is 2. The number of fused-ring (bicyclic) bond motifs is 1. The molecule has 3 aromatic carbocycles. The Balaban J connectivity index is 1.08. The zero-order chi connectivity index (χ0) is 48.8. The lowest BCUT2D eigenvalue weighted by Gasteiger charge is -2.36. The van der Waals surface area contributed by atoms with Crippen LogP contribution in [0.2, 0.25) is 0 Å². The van der Waals surface area contributed by atoms with E-state index in [9.17, 15) is 27.6 Å². The van der Waals surface area contributed by atoms with Gasteiger partial charge in [-0.1, -0.05) is 87.5 Å². The molecule has 2 aliphatic carbocycles. The molecule has 3 heterocycles. The number of rotatable bonds is 15. The minimum atomic E-state index is -4.34. The molecule has 3 aliphatic rings. The SMILES string of the molecule is C=C[C@@H]1C[C@]1(NC(=O)[C@@H]1C[C@@H](Oc2cc(-c3ccccc3)nc3cc(OC)ccc23)CN1C(=O)[C@@H](NC(=O)OC(C)(C)C)C(C)(C)C)C(=O)NS(=O)(=O)C1(Cc2ncoc2-c2ccccc2)CC1. The molecular weight excluding hydrogens is 889 g/mol. The Hall–Kier alpha value is -6.75. The number of pyridine rings is 1. The van der Waals surface area contributed by atoms with E-state index in [1.165, 1.54) is 17.4 Å². The number of nitrogens with zero attached hydrogens (tertiary/aromatic N) is 3. The second-order valence-corrected chi connectivity index (χ2v) is 22.1. The van der Waals surface area contributed by atoms with Crippen LogP contribution in [0.25, 0.3) is 33.5 Å². The van der Waals surface area contributed by atoms with Crippen molar-refractivity contribution in [3.8, 4) is 34.1 Å². The van der Waals surface area contributed by atoms with Gasteiger partial charge in [-0.3, -0.25) is 19.1 Å². The molecule has 1 aliphatic heterocycles. The van der Waals surface area contributed by atoms with E-state index in [2.05, 4.69) is 26.9 Å². The van der Waals surface area contributed by atoms with Crippen LogP contribution in [0.5, 0.6) is 11.5 Å². The van der Waals surface area contributed by atoms with Crippen molar-refractivity contribution in [3.63, 3.8) is 0 Å². The number of sulfonamides is 1. The molecule has 3 N–H and O–H groups in total. The van der Waals surface area contributed by atoms with Crippen molar-refractivity contribution in [3.05, 3.63) is 110 Å². The lowest BCUT2D eigenvalue weighted by atomic mass is 9.85. The highest BCUT2D eigenvalue weighted by Gasteiger charge is 2.64. The van der Waals surface area contributed by atoms with Crippen LogP contribution >= 0.6 is 0 Å². The van der Waals surface area contributed by atoms with Crippen molar-refractivity contribution in [2.75, 3.05) is 13.7 Å². The van der Waals surface area contributed by atoms with Gasteiger partial charge in [0.1, 0.15) is 40.8 Å². The quantitative estimate of drug-likeness (QED) is 0.0896. The van der Waals surface area contributed by atoms with Crippen LogP contribution in [-0.4, -0.2) is 94.8 Å². The third-order valence-electron chi connectivity index (χ3n) is 12.8. The summed E-state index contributed by atoms with van der Waals surface area (Å²) in [5.41, 5.74) is -0.209. The lowest BCUT2D eigenvalue weighted by molar-refractivity contribution is -0.143. The molecule has 3 fully saturated rings. The number of amides is 4. The first-order valence-corrected chi connectivity index (χ1v) is 24.1. The fourth-order valence-electron chi connectivity index (χ4n) is 8.82. The van der Waals surface area contributed by atoms with Gasteiger partial charge < -0.3 is 34.2 Å². The van der Waals surface area contributed by atoms with Gasteiger partial charge in [-0.2, -0.15) is 0 Å². The van der Waals surface area contributed by atoms with E-state index in [0.29, 0.717) is 39.6 Å². The molecule has 358 valence electrons. The van der Waals surface area contributed by atoms with Crippen molar-refractivity contribution >= 4 is 44.7 Å². The van der Waals surface area contributed by atoms with Crippen LogP contribution in [0.15, 0.2) is 108 Å². The van der Waals surface area contributed by atoms with Crippen LogP contribution < -0.4 is 24.8 Å². The zero-order valence-corrected chi connectivity index (χ0v) is 40.1. The van der Waals surface area contributed by atoms with Gasteiger partial charge in [0.25, 0.3) is 5.91 Å². The summed E-state index contributed by atoms with van der Waals surface area (Å²) in [6, 6.07) is 23.6. The Labute approximate surface area is 396 Å². The Kier molecular flexibility index (Phi) is 12.7. The first-order chi connectivity index (χ1) is 32.2. The van der Waals surface area contributed by atoms with Crippen LogP contribution in [0.1, 0.15) is 72.9 Å². The minimum absolute atomic E-state index is 0.000540. The maximum absolute atomic E-state index is 14.9. The molecular formula is C51H58N6O10S. The van der Waals surface area contributed by atoms with Gasteiger partial charge in [-0.05, 0) is 57.6 Å². The molecule has 5 aromatic rings. The molecule has 8 rings (SSSR count).